The summed E-state index contributed by atoms with van der Waals surface area (Å²) in [6.07, 6.45) is 1.34. The summed E-state index contributed by atoms with van der Waals surface area (Å²) in [7, 11) is -3.73. The van der Waals surface area contributed by atoms with Crippen molar-refractivity contribution in [2.24, 2.45) is 5.73 Å². The van der Waals surface area contributed by atoms with Crippen molar-refractivity contribution in [2.75, 3.05) is 6.54 Å². The quantitative estimate of drug-likeness (QED) is 0.834. The van der Waals surface area contributed by atoms with Crippen molar-refractivity contribution in [2.45, 2.75) is 44.0 Å². The fraction of sp³-hybridized carbons (Fsp3) is 0.500. The zero-order valence-electron chi connectivity index (χ0n) is 12.5. The molecule has 0 aliphatic heterocycles. The van der Waals surface area contributed by atoms with Crippen molar-refractivity contribution >= 4 is 22.4 Å². The fourth-order valence-corrected chi connectivity index (χ4v) is 3.19. The lowest BCUT2D eigenvalue weighted by Crippen LogP contribution is -2.49. The van der Waals surface area contributed by atoms with E-state index in [1.165, 1.54) is 6.07 Å². The lowest BCUT2D eigenvalue weighted by molar-refractivity contribution is 0.391. The first kappa shape index (κ1) is 19.9. The molecule has 0 saturated carbocycles. The maximum Gasteiger partial charge on any atom is 0.241 e. The lowest BCUT2D eigenvalue weighted by atomic mass is 9.95. The van der Waals surface area contributed by atoms with Gasteiger partial charge in [0.2, 0.25) is 10.0 Å². The monoisotopic (exact) mass is 331 g/mol. The van der Waals surface area contributed by atoms with Crippen molar-refractivity contribution in [3.8, 4) is 6.07 Å². The molecule has 0 atom stereocenters. The predicted octanol–water partition coefficient (Wildman–Crippen LogP) is 2.08. The lowest BCUT2D eigenvalue weighted by Gasteiger charge is -2.26. The van der Waals surface area contributed by atoms with Gasteiger partial charge in [0.15, 0.2) is 0 Å². The van der Waals surface area contributed by atoms with E-state index in [1.807, 2.05) is 19.9 Å². The minimum atomic E-state index is -3.73. The smallest absolute Gasteiger partial charge is 0.241 e. The Morgan fingerprint density at radius 2 is 1.90 bits per heavy atom. The van der Waals surface area contributed by atoms with Crippen molar-refractivity contribution in [3.05, 3.63) is 29.3 Å². The van der Waals surface area contributed by atoms with E-state index < -0.39 is 15.6 Å². The Morgan fingerprint density at radius 3 is 2.38 bits per heavy atom. The first-order valence-corrected chi connectivity index (χ1v) is 8.06. The van der Waals surface area contributed by atoms with Crippen LogP contribution < -0.4 is 10.5 Å². The van der Waals surface area contributed by atoms with Crippen LogP contribution in [0, 0.1) is 18.3 Å². The van der Waals surface area contributed by atoms with Crippen LogP contribution >= 0.6 is 12.4 Å². The number of rotatable bonds is 6. The van der Waals surface area contributed by atoms with Gasteiger partial charge in [-0.05, 0) is 31.4 Å². The van der Waals surface area contributed by atoms with Gasteiger partial charge >= 0.3 is 0 Å². The predicted molar refractivity (Wildman–Crippen MR) is 85.8 cm³/mol. The van der Waals surface area contributed by atoms with Gasteiger partial charge < -0.3 is 5.73 Å². The van der Waals surface area contributed by atoms with E-state index in [4.69, 9.17) is 11.0 Å². The van der Waals surface area contributed by atoms with Crippen molar-refractivity contribution < 1.29 is 8.42 Å². The summed E-state index contributed by atoms with van der Waals surface area (Å²) in [5.41, 5.74) is 6.34. The molecule has 0 aromatic heterocycles. The maximum atomic E-state index is 12.3. The Balaban J connectivity index is 0.00000400. The summed E-state index contributed by atoms with van der Waals surface area (Å²) in [4.78, 5) is 0.00885. The van der Waals surface area contributed by atoms with Crippen LogP contribution in [0.2, 0.25) is 0 Å². The van der Waals surface area contributed by atoms with Gasteiger partial charge in [-0.1, -0.05) is 26.0 Å². The summed E-state index contributed by atoms with van der Waals surface area (Å²) < 4.78 is 27.2. The minimum absolute atomic E-state index is 0. The highest BCUT2D eigenvalue weighted by Gasteiger charge is 2.25. The zero-order valence-corrected chi connectivity index (χ0v) is 14.1. The molecule has 0 fully saturated rings. The number of hydrogen-bond acceptors (Lipinski definition) is 4. The number of halogens is 1. The van der Waals surface area contributed by atoms with E-state index in [1.54, 1.807) is 19.1 Å². The molecule has 0 unspecified atom stereocenters. The number of aryl methyl sites for hydroxylation is 1. The van der Waals surface area contributed by atoms with Crippen LogP contribution in [-0.2, 0) is 10.0 Å². The second kappa shape index (κ2) is 7.76. The van der Waals surface area contributed by atoms with Gasteiger partial charge in [-0.2, -0.15) is 5.26 Å². The van der Waals surface area contributed by atoms with Gasteiger partial charge in [0.05, 0.1) is 10.5 Å². The van der Waals surface area contributed by atoms with Crippen molar-refractivity contribution in [1.82, 2.24) is 4.72 Å². The molecule has 118 valence electrons. The molecule has 0 saturated heterocycles. The molecule has 7 heteroatoms. The van der Waals surface area contributed by atoms with E-state index in [0.29, 0.717) is 18.4 Å². The standard InChI is InChI=1S/C14H21N3O2S.ClH/c1-4-14(16,5-2)10-17-20(18,19)13-8-6-7-11(3)12(13)9-15;/h6-8,17H,4-5,10,16H2,1-3H3;1H. The number of nitrogens with one attached hydrogen (secondary N) is 1. The first-order valence-electron chi connectivity index (χ1n) is 6.58. The van der Waals surface area contributed by atoms with Gasteiger partial charge in [0.25, 0.3) is 0 Å². The van der Waals surface area contributed by atoms with Crippen LogP contribution in [0.15, 0.2) is 23.1 Å². The Hall–Kier alpha value is -1.13. The van der Waals surface area contributed by atoms with Crippen LogP contribution in [0.4, 0.5) is 0 Å². The molecule has 0 bridgehead atoms. The number of nitriles is 1. The summed E-state index contributed by atoms with van der Waals surface area (Å²) in [6.45, 7) is 5.71. The molecule has 0 radical (unpaired) electrons. The van der Waals surface area contributed by atoms with Crippen LogP contribution in [0.25, 0.3) is 0 Å². The molecule has 1 aromatic carbocycles. The summed E-state index contributed by atoms with van der Waals surface area (Å²) >= 11 is 0. The molecular formula is C14H22ClN3O2S. The largest absolute Gasteiger partial charge is 0.324 e. The van der Waals surface area contributed by atoms with Crippen LogP contribution in [0.3, 0.4) is 0 Å². The van der Waals surface area contributed by atoms with E-state index >= 15 is 0 Å². The number of hydrogen-bond donors (Lipinski definition) is 2. The summed E-state index contributed by atoms with van der Waals surface area (Å²) in [5, 5.41) is 9.12. The van der Waals surface area contributed by atoms with E-state index in [9.17, 15) is 8.42 Å². The molecule has 5 nitrogen and oxygen atoms in total. The maximum absolute atomic E-state index is 12.3. The number of benzene rings is 1. The molecule has 0 spiro atoms. The Bertz CT molecular complexity index is 620. The summed E-state index contributed by atoms with van der Waals surface area (Å²) in [6, 6.07) is 6.72. The zero-order chi connectivity index (χ0) is 15.4. The molecule has 0 aliphatic rings. The topological polar surface area (TPSA) is 96.0 Å². The number of sulfonamides is 1. The molecule has 1 aromatic rings. The third-order valence-corrected chi connectivity index (χ3v) is 5.10. The molecule has 1 rings (SSSR count). The number of nitrogens with zero attached hydrogens (tertiary/aromatic N) is 1. The van der Waals surface area contributed by atoms with Gasteiger partial charge in [-0.15, -0.1) is 12.4 Å². The first-order chi connectivity index (χ1) is 9.29. The van der Waals surface area contributed by atoms with Crippen molar-refractivity contribution in [3.63, 3.8) is 0 Å². The summed E-state index contributed by atoms with van der Waals surface area (Å²) in [5.74, 6) is 0. The van der Waals surface area contributed by atoms with Gasteiger partial charge in [0, 0.05) is 12.1 Å². The average Bonchev–Trinajstić information content (AvgIpc) is 2.44. The second-order valence-electron chi connectivity index (χ2n) is 4.95. The van der Waals surface area contributed by atoms with Crippen LogP contribution in [0.1, 0.15) is 37.8 Å². The van der Waals surface area contributed by atoms with Crippen LogP contribution in [0.5, 0.6) is 0 Å². The van der Waals surface area contributed by atoms with Crippen LogP contribution in [-0.4, -0.2) is 20.5 Å². The fourth-order valence-electron chi connectivity index (χ4n) is 1.82. The molecule has 0 heterocycles. The van der Waals surface area contributed by atoms with Crippen molar-refractivity contribution in [1.29, 1.82) is 5.26 Å². The molecule has 0 aliphatic carbocycles. The van der Waals surface area contributed by atoms with E-state index in [0.717, 1.165) is 0 Å². The highest BCUT2D eigenvalue weighted by Crippen LogP contribution is 2.19. The SMILES string of the molecule is CCC(N)(CC)CNS(=O)(=O)c1cccc(C)c1C#N.Cl. The van der Waals surface area contributed by atoms with E-state index in [-0.39, 0.29) is 29.4 Å². The third kappa shape index (κ3) is 4.68. The molecule has 3 N–H and O–H groups in total. The highest BCUT2D eigenvalue weighted by molar-refractivity contribution is 7.89. The average molecular weight is 332 g/mol. The normalized spacial score (nSPS) is 11.6. The van der Waals surface area contributed by atoms with Gasteiger partial charge in [-0.25, -0.2) is 13.1 Å². The Kier molecular flexibility index (Phi) is 7.34. The molecular weight excluding hydrogens is 310 g/mol. The third-order valence-electron chi connectivity index (χ3n) is 3.66. The van der Waals surface area contributed by atoms with Gasteiger partial charge in [0.1, 0.15) is 6.07 Å². The minimum Gasteiger partial charge on any atom is -0.324 e. The highest BCUT2D eigenvalue weighted by atomic mass is 35.5. The molecule has 0 amide bonds. The van der Waals surface area contributed by atoms with Gasteiger partial charge in [-0.3, -0.25) is 0 Å². The number of nitrogens with two attached hydrogens (primary N) is 1. The van der Waals surface area contributed by atoms with E-state index in [2.05, 4.69) is 4.72 Å². The Labute approximate surface area is 133 Å². The second-order valence-corrected chi connectivity index (χ2v) is 6.69. The molecule has 21 heavy (non-hydrogen) atoms. The Morgan fingerprint density at radius 1 is 1.33 bits per heavy atom.